The van der Waals surface area contributed by atoms with Gasteiger partial charge in [-0.15, -0.1) is 0 Å². The van der Waals surface area contributed by atoms with Crippen molar-refractivity contribution in [3.05, 3.63) is 59.1 Å². The van der Waals surface area contributed by atoms with Crippen LogP contribution in [0.4, 0.5) is 0 Å². The fourth-order valence-electron chi connectivity index (χ4n) is 5.02. The number of benzene rings is 2. The van der Waals surface area contributed by atoms with E-state index in [1.54, 1.807) is 0 Å². The summed E-state index contributed by atoms with van der Waals surface area (Å²) >= 11 is 3.83. The molecule has 1 aliphatic carbocycles. The third-order valence-electron chi connectivity index (χ3n) is 6.72. The lowest BCUT2D eigenvalue weighted by atomic mass is 9.81. The number of halogens is 1. The van der Waals surface area contributed by atoms with Gasteiger partial charge >= 0.3 is 5.97 Å². The molecule has 0 spiro atoms. The number of hydrogen-bond donors (Lipinski definition) is 0. The van der Waals surface area contributed by atoms with Gasteiger partial charge in [-0.3, -0.25) is 4.79 Å². The van der Waals surface area contributed by atoms with Crippen molar-refractivity contribution in [3.8, 4) is 0 Å². The molecular weight excluding hydrogens is 468 g/mol. The third kappa shape index (κ3) is 5.32. The van der Waals surface area contributed by atoms with E-state index in [9.17, 15) is 4.79 Å². The minimum Gasteiger partial charge on any atom is -0.469 e. The Balaban J connectivity index is 1.82. The Morgan fingerprint density at radius 1 is 1.00 bits per heavy atom. The van der Waals surface area contributed by atoms with Crippen molar-refractivity contribution < 1.29 is 14.0 Å². The van der Waals surface area contributed by atoms with Crippen LogP contribution < -0.4 is 10.4 Å². The molecule has 0 amide bonds. The van der Waals surface area contributed by atoms with Crippen LogP contribution in [-0.2, 0) is 14.0 Å². The molecule has 0 aromatic heterocycles. The Hall–Kier alpha value is -1.43. The summed E-state index contributed by atoms with van der Waals surface area (Å²) in [7, 11) is -1.05. The molecule has 3 nitrogen and oxygen atoms in total. The van der Waals surface area contributed by atoms with Crippen LogP contribution in [0.25, 0.3) is 0 Å². The highest BCUT2D eigenvalue weighted by Crippen LogP contribution is 2.39. The lowest BCUT2D eigenvalue weighted by molar-refractivity contribution is -0.146. The Morgan fingerprint density at radius 3 is 2.19 bits per heavy atom. The Kier molecular flexibility index (Phi) is 8.17. The van der Waals surface area contributed by atoms with Crippen molar-refractivity contribution >= 4 is 40.6 Å². The van der Waals surface area contributed by atoms with Gasteiger partial charge in [-0.05, 0) is 59.5 Å². The third-order valence-corrected chi connectivity index (χ3v) is 12.9. The zero-order valence-electron chi connectivity index (χ0n) is 19.2. The Bertz CT molecular complexity index is 856. The number of esters is 1. The molecule has 0 N–H and O–H groups in total. The average molecular weight is 504 g/mol. The number of rotatable bonds is 7. The quantitative estimate of drug-likeness (QED) is 0.360. The fourth-order valence-corrected chi connectivity index (χ4v) is 10.7. The maximum Gasteiger partial charge on any atom is 0.308 e. The van der Waals surface area contributed by atoms with Crippen molar-refractivity contribution in [2.75, 3.05) is 13.7 Å². The number of hydrogen-bond acceptors (Lipinski definition) is 3. The van der Waals surface area contributed by atoms with Crippen LogP contribution >= 0.6 is 15.9 Å². The molecule has 0 bridgehead atoms. The summed E-state index contributed by atoms with van der Waals surface area (Å²) in [5.74, 6) is 0.643. The maximum atomic E-state index is 11.8. The number of ether oxygens (including phenoxy) is 1. The van der Waals surface area contributed by atoms with Gasteiger partial charge in [0.2, 0.25) is 0 Å². The van der Waals surface area contributed by atoms with E-state index in [1.807, 2.05) is 0 Å². The molecule has 31 heavy (non-hydrogen) atoms. The zero-order valence-corrected chi connectivity index (χ0v) is 21.8. The minimum absolute atomic E-state index is 0.0270. The largest absolute Gasteiger partial charge is 0.469 e. The van der Waals surface area contributed by atoms with Gasteiger partial charge in [-0.25, -0.2) is 0 Å². The summed E-state index contributed by atoms with van der Waals surface area (Å²) in [6, 6.07) is 19.3. The smallest absolute Gasteiger partial charge is 0.308 e. The highest BCUT2D eigenvalue weighted by Gasteiger charge is 2.51. The molecule has 5 heteroatoms. The van der Waals surface area contributed by atoms with E-state index in [4.69, 9.17) is 9.16 Å². The van der Waals surface area contributed by atoms with E-state index in [2.05, 4.69) is 91.3 Å². The lowest BCUT2D eigenvalue weighted by Crippen LogP contribution is -2.67. The first-order valence-electron chi connectivity index (χ1n) is 11.3. The predicted molar refractivity (Wildman–Crippen MR) is 133 cm³/mol. The van der Waals surface area contributed by atoms with Gasteiger partial charge in [0.1, 0.15) is 0 Å². The fraction of sp³-hybridized carbons (Fsp3) is 0.500. The lowest BCUT2D eigenvalue weighted by Gasteiger charge is -2.43. The second kappa shape index (κ2) is 10.5. The molecule has 168 valence electrons. The van der Waals surface area contributed by atoms with Crippen LogP contribution in [0.2, 0.25) is 5.04 Å². The standard InChI is InChI=1S/C26H35BrO3Si/c1-26(2,3)31(22-10-6-5-7-11-22,24-13-9-8-12-23(24)27)30-19-18-20-14-16-21(17-15-20)25(28)29-4/h5-13,20-21H,14-19H2,1-4H3. The molecule has 0 radical (unpaired) electrons. The number of carbonyl (C=O) groups excluding carboxylic acids is 1. The van der Waals surface area contributed by atoms with Gasteiger partial charge in [-0.2, -0.15) is 0 Å². The number of methoxy groups -OCH3 is 1. The molecule has 1 unspecified atom stereocenters. The molecule has 0 aliphatic heterocycles. The predicted octanol–water partition coefficient (Wildman–Crippen LogP) is 5.70. The molecular formula is C26H35BrO3Si. The van der Waals surface area contributed by atoms with Gasteiger partial charge in [0.25, 0.3) is 8.32 Å². The highest BCUT2D eigenvalue weighted by molar-refractivity contribution is 9.10. The first kappa shape index (κ1) is 24.2. The summed E-state index contributed by atoms with van der Waals surface area (Å²) in [5, 5.41) is 2.58. The summed E-state index contributed by atoms with van der Waals surface area (Å²) in [4.78, 5) is 11.8. The zero-order chi connectivity index (χ0) is 22.5. The summed E-state index contributed by atoms with van der Waals surface area (Å²) in [6.45, 7) is 7.68. The van der Waals surface area contributed by atoms with Crippen LogP contribution in [0, 0.1) is 11.8 Å². The molecule has 3 rings (SSSR count). The van der Waals surface area contributed by atoms with E-state index in [0.717, 1.165) is 43.2 Å². The van der Waals surface area contributed by atoms with Crippen molar-refractivity contribution in [3.63, 3.8) is 0 Å². The molecule has 2 aromatic rings. The normalized spacial score (nSPS) is 21.3. The average Bonchev–Trinajstić information content (AvgIpc) is 2.77. The van der Waals surface area contributed by atoms with Gasteiger partial charge in [0.05, 0.1) is 13.0 Å². The van der Waals surface area contributed by atoms with Gasteiger partial charge in [-0.1, -0.05) is 85.2 Å². The van der Waals surface area contributed by atoms with Gasteiger partial charge < -0.3 is 9.16 Å². The molecule has 1 saturated carbocycles. The van der Waals surface area contributed by atoms with E-state index >= 15 is 0 Å². The topological polar surface area (TPSA) is 35.5 Å². The van der Waals surface area contributed by atoms with Crippen molar-refractivity contribution in [2.24, 2.45) is 11.8 Å². The molecule has 0 saturated heterocycles. The first-order valence-corrected chi connectivity index (χ1v) is 14.0. The second-order valence-electron chi connectivity index (χ2n) is 9.66. The van der Waals surface area contributed by atoms with Crippen LogP contribution in [-0.4, -0.2) is 28.0 Å². The molecule has 1 atom stereocenters. The SMILES string of the molecule is COC(=O)C1CCC(CCO[Si](c2ccccc2)(c2ccccc2Br)C(C)(C)C)CC1. The Morgan fingerprint density at radius 2 is 1.61 bits per heavy atom. The van der Waals surface area contributed by atoms with Gasteiger partial charge in [0.15, 0.2) is 0 Å². The van der Waals surface area contributed by atoms with Crippen molar-refractivity contribution in [2.45, 2.75) is 57.9 Å². The molecule has 0 heterocycles. The monoisotopic (exact) mass is 502 g/mol. The van der Waals surface area contributed by atoms with Crippen LogP contribution in [0.15, 0.2) is 59.1 Å². The Labute approximate surface area is 196 Å². The molecule has 2 aromatic carbocycles. The highest BCUT2D eigenvalue weighted by atomic mass is 79.9. The van der Waals surface area contributed by atoms with Crippen LogP contribution in [0.5, 0.6) is 0 Å². The number of carbonyl (C=O) groups is 1. The second-order valence-corrected chi connectivity index (χ2v) is 14.8. The first-order chi connectivity index (χ1) is 14.8. The van der Waals surface area contributed by atoms with E-state index in [-0.39, 0.29) is 16.9 Å². The van der Waals surface area contributed by atoms with Crippen LogP contribution in [0.3, 0.4) is 0 Å². The van der Waals surface area contributed by atoms with E-state index < -0.39 is 8.32 Å². The summed E-state index contributed by atoms with van der Waals surface area (Å²) in [5.41, 5.74) is 0. The molecule has 1 fully saturated rings. The minimum atomic E-state index is -2.54. The van der Waals surface area contributed by atoms with Crippen LogP contribution in [0.1, 0.15) is 52.9 Å². The van der Waals surface area contributed by atoms with Crippen molar-refractivity contribution in [1.82, 2.24) is 0 Å². The van der Waals surface area contributed by atoms with E-state index in [0.29, 0.717) is 5.92 Å². The van der Waals surface area contributed by atoms with Gasteiger partial charge in [0, 0.05) is 11.1 Å². The van der Waals surface area contributed by atoms with E-state index in [1.165, 1.54) is 17.5 Å². The van der Waals surface area contributed by atoms with Crippen molar-refractivity contribution in [1.29, 1.82) is 0 Å². The maximum absolute atomic E-state index is 11.8. The summed E-state index contributed by atoms with van der Waals surface area (Å²) < 4.78 is 13.1. The summed E-state index contributed by atoms with van der Waals surface area (Å²) in [6.07, 6.45) is 5.06. The molecule has 1 aliphatic rings.